The number of likely N-dealkylation sites (tertiary alicyclic amines) is 2. The lowest BCUT2D eigenvalue weighted by Crippen LogP contribution is -2.46. The second-order valence-electron chi connectivity index (χ2n) is 7.26. The highest BCUT2D eigenvalue weighted by Gasteiger charge is 2.30. The first kappa shape index (κ1) is 17.3. The molecular formula is C18H30N4O2. The number of nitrogens with one attached hydrogen (secondary N) is 1. The second-order valence-corrected chi connectivity index (χ2v) is 7.26. The predicted molar refractivity (Wildman–Crippen MR) is 95.0 cm³/mol. The van der Waals surface area contributed by atoms with Gasteiger partial charge < -0.3 is 24.6 Å². The second kappa shape index (κ2) is 7.57. The molecule has 0 aliphatic carbocycles. The molecule has 2 aliphatic heterocycles. The van der Waals surface area contributed by atoms with E-state index >= 15 is 0 Å². The third kappa shape index (κ3) is 4.11. The minimum atomic E-state index is -1.05. The molecule has 6 heteroatoms. The molecule has 2 unspecified atom stereocenters. The maximum Gasteiger partial charge on any atom is 0.193 e. The Labute approximate surface area is 144 Å². The summed E-state index contributed by atoms with van der Waals surface area (Å²) < 4.78 is 5.33. The van der Waals surface area contributed by atoms with Gasteiger partial charge in [-0.25, -0.2) is 0 Å². The van der Waals surface area contributed by atoms with Gasteiger partial charge in [0.15, 0.2) is 5.96 Å². The standard InChI is InChI=1S/C18H30N4O2/c1-18(23,16-6-5-11-24-16)14-20-17(19-2)22-10-7-15(13-22)12-21-8-3-4-9-21/h5-6,11,15,23H,3-4,7-10,12-14H2,1-2H3,(H,19,20). The number of hydrogen-bond acceptors (Lipinski definition) is 4. The van der Waals surface area contributed by atoms with E-state index in [-0.39, 0.29) is 0 Å². The molecule has 0 aromatic carbocycles. The Kier molecular flexibility index (Phi) is 5.46. The fourth-order valence-corrected chi connectivity index (χ4v) is 3.76. The van der Waals surface area contributed by atoms with Gasteiger partial charge in [0.25, 0.3) is 0 Å². The maximum absolute atomic E-state index is 10.6. The van der Waals surface area contributed by atoms with Crippen LogP contribution in [0.3, 0.4) is 0 Å². The van der Waals surface area contributed by atoms with Crippen molar-refractivity contribution in [2.24, 2.45) is 10.9 Å². The largest absolute Gasteiger partial charge is 0.466 e. The van der Waals surface area contributed by atoms with Crippen molar-refractivity contribution in [1.29, 1.82) is 0 Å². The Bertz CT molecular complexity index is 535. The summed E-state index contributed by atoms with van der Waals surface area (Å²) in [5.74, 6) is 2.15. The van der Waals surface area contributed by atoms with E-state index in [1.165, 1.54) is 38.9 Å². The zero-order valence-electron chi connectivity index (χ0n) is 14.9. The van der Waals surface area contributed by atoms with E-state index < -0.39 is 5.60 Å². The molecule has 2 atom stereocenters. The van der Waals surface area contributed by atoms with Crippen LogP contribution in [-0.4, -0.2) is 67.2 Å². The van der Waals surface area contributed by atoms with Gasteiger partial charge in [0.05, 0.1) is 12.8 Å². The summed E-state index contributed by atoms with van der Waals surface area (Å²) in [4.78, 5) is 9.29. The number of aliphatic hydroxyl groups is 1. The molecule has 3 rings (SSSR count). The van der Waals surface area contributed by atoms with Crippen LogP contribution in [0.4, 0.5) is 0 Å². The Balaban J connectivity index is 1.49. The van der Waals surface area contributed by atoms with Crippen LogP contribution in [0.25, 0.3) is 0 Å². The van der Waals surface area contributed by atoms with E-state index in [1.807, 2.05) is 0 Å². The molecule has 1 aromatic heterocycles. The summed E-state index contributed by atoms with van der Waals surface area (Å²) in [5, 5.41) is 13.9. The van der Waals surface area contributed by atoms with E-state index in [0.29, 0.717) is 18.2 Å². The zero-order valence-corrected chi connectivity index (χ0v) is 14.9. The third-order valence-corrected chi connectivity index (χ3v) is 5.15. The lowest BCUT2D eigenvalue weighted by atomic mass is 10.0. The lowest BCUT2D eigenvalue weighted by molar-refractivity contribution is 0.0381. The lowest BCUT2D eigenvalue weighted by Gasteiger charge is -2.27. The minimum absolute atomic E-state index is 0.375. The molecule has 6 nitrogen and oxygen atoms in total. The van der Waals surface area contributed by atoms with Gasteiger partial charge in [-0.05, 0) is 57.3 Å². The average Bonchev–Trinajstić information content (AvgIpc) is 3.31. The van der Waals surface area contributed by atoms with E-state index in [0.717, 1.165) is 19.0 Å². The topological polar surface area (TPSA) is 64.2 Å². The first-order valence-electron chi connectivity index (χ1n) is 9.03. The summed E-state index contributed by atoms with van der Waals surface area (Å²) in [6.07, 6.45) is 5.50. The molecule has 3 heterocycles. The van der Waals surface area contributed by atoms with Gasteiger partial charge >= 0.3 is 0 Å². The molecule has 2 N–H and O–H groups in total. The van der Waals surface area contributed by atoms with Crippen molar-refractivity contribution in [3.63, 3.8) is 0 Å². The number of rotatable bonds is 5. The number of nitrogens with zero attached hydrogens (tertiary/aromatic N) is 3. The van der Waals surface area contributed by atoms with Gasteiger partial charge in [-0.3, -0.25) is 4.99 Å². The molecule has 1 aromatic rings. The van der Waals surface area contributed by atoms with E-state index in [9.17, 15) is 5.11 Å². The van der Waals surface area contributed by atoms with Crippen LogP contribution in [-0.2, 0) is 5.60 Å². The Morgan fingerprint density at radius 2 is 2.21 bits per heavy atom. The Hall–Kier alpha value is -1.53. The summed E-state index contributed by atoms with van der Waals surface area (Å²) in [7, 11) is 1.80. The van der Waals surface area contributed by atoms with E-state index in [4.69, 9.17) is 4.42 Å². The molecule has 2 saturated heterocycles. The quantitative estimate of drug-likeness (QED) is 0.631. The van der Waals surface area contributed by atoms with Crippen molar-refractivity contribution in [2.45, 2.75) is 31.8 Å². The maximum atomic E-state index is 10.6. The summed E-state index contributed by atoms with van der Waals surface area (Å²) in [5.41, 5.74) is -1.05. The van der Waals surface area contributed by atoms with Gasteiger partial charge in [-0.1, -0.05) is 0 Å². The fourth-order valence-electron chi connectivity index (χ4n) is 3.76. The molecule has 24 heavy (non-hydrogen) atoms. The van der Waals surface area contributed by atoms with Crippen molar-refractivity contribution >= 4 is 5.96 Å². The van der Waals surface area contributed by atoms with Crippen LogP contribution in [0, 0.1) is 5.92 Å². The van der Waals surface area contributed by atoms with E-state index in [1.54, 1.807) is 32.4 Å². The highest BCUT2D eigenvalue weighted by atomic mass is 16.4. The third-order valence-electron chi connectivity index (χ3n) is 5.15. The summed E-state index contributed by atoms with van der Waals surface area (Å²) in [6.45, 7) is 7.93. The molecule has 0 bridgehead atoms. The molecule has 134 valence electrons. The zero-order chi connectivity index (χ0) is 17.0. The van der Waals surface area contributed by atoms with Gasteiger partial charge in [-0.15, -0.1) is 0 Å². The Morgan fingerprint density at radius 3 is 2.88 bits per heavy atom. The first-order chi connectivity index (χ1) is 11.6. The molecule has 0 amide bonds. The van der Waals surface area contributed by atoms with E-state index in [2.05, 4.69) is 20.1 Å². The highest BCUT2D eigenvalue weighted by Crippen LogP contribution is 2.22. The first-order valence-corrected chi connectivity index (χ1v) is 9.03. The molecule has 0 saturated carbocycles. The number of hydrogen-bond donors (Lipinski definition) is 2. The van der Waals surface area contributed by atoms with Crippen LogP contribution in [0.1, 0.15) is 31.9 Å². The van der Waals surface area contributed by atoms with Crippen molar-refractivity contribution < 1.29 is 9.52 Å². The van der Waals surface area contributed by atoms with Crippen molar-refractivity contribution in [2.75, 3.05) is 46.3 Å². The van der Waals surface area contributed by atoms with Crippen molar-refractivity contribution in [1.82, 2.24) is 15.1 Å². The van der Waals surface area contributed by atoms with Crippen LogP contribution in [0.15, 0.2) is 27.8 Å². The van der Waals surface area contributed by atoms with Crippen molar-refractivity contribution in [3.05, 3.63) is 24.2 Å². The van der Waals surface area contributed by atoms with Crippen molar-refractivity contribution in [3.8, 4) is 0 Å². The van der Waals surface area contributed by atoms with Gasteiger partial charge in [0, 0.05) is 26.7 Å². The van der Waals surface area contributed by atoms with Gasteiger partial charge in [0.2, 0.25) is 0 Å². The SMILES string of the molecule is CN=C(NCC(C)(O)c1ccco1)N1CCC(CN2CCCC2)C1. The minimum Gasteiger partial charge on any atom is -0.466 e. The summed E-state index contributed by atoms with van der Waals surface area (Å²) in [6, 6.07) is 3.59. The predicted octanol–water partition coefficient (Wildman–Crippen LogP) is 1.48. The molecule has 2 fully saturated rings. The Morgan fingerprint density at radius 1 is 1.42 bits per heavy atom. The van der Waals surface area contributed by atoms with Crippen LogP contribution in [0.5, 0.6) is 0 Å². The number of aliphatic imine (C=N–C) groups is 1. The van der Waals surface area contributed by atoms with Gasteiger partial charge in [-0.2, -0.15) is 0 Å². The van der Waals surface area contributed by atoms with Gasteiger partial charge in [0.1, 0.15) is 11.4 Å². The molecule has 0 spiro atoms. The van der Waals surface area contributed by atoms with Crippen LogP contribution >= 0.6 is 0 Å². The highest BCUT2D eigenvalue weighted by molar-refractivity contribution is 5.80. The smallest absolute Gasteiger partial charge is 0.193 e. The monoisotopic (exact) mass is 334 g/mol. The summed E-state index contributed by atoms with van der Waals surface area (Å²) >= 11 is 0. The normalized spacial score (nSPS) is 25.2. The molecule has 0 radical (unpaired) electrons. The molecular weight excluding hydrogens is 304 g/mol. The fraction of sp³-hybridized carbons (Fsp3) is 0.722. The molecule has 2 aliphatic rings. The number of furan rings is 1. The van der Waals surface area contributed by atoms with Crippen LogP contribution < -0.4 is 5.32 Å². The average molecular weight is 334 g/mol. The number of guanidine groups is 1. The van der Waals surface area contributed by atoms with Crippen LogP contribution in [0.2, 0.25) is 0 Å².